The Kier molecular flexibility index (Phi) is 6.15. The van der Waals surface area contributed by atoms with Crippen molar-refractivity contribution in [3.8, 4) is 0 Å². The molecule has 1 saturated heterocycles. The van der Waals surface area contributed by atoms with Crippen molar-refractivity contribution in [3.63, 3.8) is 0 Å². The van der Waals surface area contributed by atoms with E-state index in [9.17, 15) is 14.4 Å². The van der Waals surface area contributed by atoms with Gasteiger partial charge in [0.15, 0.2) is 5.78 Å². The molecule has 1 aliphatic heterocycles. The Morgan fingerprint density at radius 3 is 2.45 bits per heavy atom. The molecule has 1 fully saturated rings. The maximum Gasteiger partial charge on any atom is 0.335 e. The minimum absolute atomic E-state index is 0.00892. The second-order valence-corrected chi connectivity index (χ2v) is 7.68. The molecule has 0 saturated carbocycles. The van der Waals surface area contributed by atoms with Crippen LogP contribution in [0.3, 0.4) is 0 Å². The second-order valence-electron chi connectivity index (χ2n) is 7.68. The predicted octanol–water partition coefficient (Wildman–Crippen LogP) is 3.20. The Bertz CT molecular complexity index is 930. The summed E-state index contributed by atoms with van der Waals surface area (Å²) in [5, 5.41) is 13.5. The highest BCUT2D eigenvalue weighted by molar-refractivity contribution is 5.96. The molecular weight excluding hydrogens is 370 g/mol. The summed E-state index contributed by atoms with van der Waals surface area (Å²) in [6, 6.07) is 6.93. The molecule has 7 nitrogen and oxygen atoms in total. The summed E-state index contributed by atoms with van der Waals surface area (Å²) in [5.74, 6) is -0.651. The topological polar surface area (TPSA) is 92.5 Å². The molecule has 154 valence electrons. The number of aromatic nitrogens is 2. The highest BCUT2D eigenvalue weighted by Gasteiger charge is 2.25. The van der Waals surface area contributed by atoms with Crippen molar-refractivity contribution in [2.75, 3.05) is 13.1 Å². The molecule has 29 heavy (non-hydrogen) atoms. The van der Waals surface area contributed by atoms with E-state index in [0.717, 1.165) is 30.6 Å². The van der Waals surface area contributed by atoms with E-state index >= 15 is 0 Å². The summed E-state index contributed by atoms with van der Waals surface area (Å²) in [7, 11) is 0. The Morgan fingerprint density at radius 1 is 1.17 bits per heavy atom. The van der Waals surface area contributed by atoms with Crippen LogP contribution in [0.25, 0.3) is 0 Å². The molecule has 1 aromatic heterocycles. The third-order valence-electron chi connectivity index (χ3n) is 5.67. The van der Waals surface area contributed by atoms with Gasteiger partial charge in [-0.05, 0) is 51.3 Å². The van der Waals surface area contributed by atoms with Crippen molar-refractivity contribution in [2.24, 2.45) is 0 Å². The van der Waals surface area contributed by atoms with Gasteiger partial charge in [0.25, 0.3) is 0 Å². The van der Waals surface area contributed by atoms with Crippen molar-refractivity contribution in [3.05, 3.63) is 52.3 Å². The van der Waals surface area contributed by atoms with E-state index in [2.05, 4.69) is 5.10 Å². The summed E-state index contributed by atoms with van der Waals surface area (Å²) in [5.41, 5.74) is 3.48. The third-order valence-corrected chi connectivity index (χ3v) is 5.67. The number of hydrogen-bond acceptors (Lipinski definition) is 4. The molecule has 1 aliphatic rings. The number of nitrogens with zero attached hydrogens (tertiary/aromatic N) is 3. The molecule has 0 radical (unpaired) electrons. The van der Waals surface area contributed by atoms with Gasteiger partial charge in [0, 0.05) is 37.7 Å². The van der Waals surface area contributed by atoms with E-state index in [1.54, 1.807) is 16.8 Å². The van der Waals surface area contributed by atoms with E-state index in [-0.39, 0.29) is 23.2 Å². The van der Waals surface area contributed by atoms with Crippen molar-refractivity contribution in [1.29, 1.82) is 0 Å². The lowest BCUT2D eigenvalue weighted by atomic mass is 9.90. The standard InChI is InChI=1S/C22H27N3O4/c1-14-21(16(3)26)15(2)25(23-14)12-10-20(27)24-11-4-5-19(13-24)17-6-8-18(9-7-17)22(28)29/h6-9,19H,4-5,10-13H2,1-3H3,(H,28,29). The average Bonchev–Trinajstić information content (AvgIpc) is 2.99. The van der Waals surface area contributed by atoms with Crippen LogP contribution in [0, 0.1) is 13.8 Å². The summed E-state index contributed by atoms with van der Waals surface area (Å²) >= 11 is 0. The van der Waals surface area contributed by atoms with E-state index < -0.39 is 5.97 Å². The van der Waals surface area contributed by atoms with Crippen LogP contribution in [0.1, 0.15) is 69.8 Å². The molecular formula is C22H27N3O4. The maximum absolute atomic E-state index is 12.8. The fraction of sp³-hybridized carbons (Fsp3) is 0.455. The molecule has 0 bridgehead atoms. The van der Waals surface area contributed by atoms with E-state index in [0.29, 0.717) is 30.8 Å². The summed E-state index contributed by atoms with van der Waals surface area (Å²) in [4.78, 5) is 37.4. The largest absolute Gasteiger partial charge is 0.478 e. The minimum atomic E-state index is -0.936. The Morgan fingerprint density at radius 2 is 1.86 bits per heavy atom. The number of aryl methyl sites for hydroxylation is 2. The normalized spacial score (nSPS) is 16.7. The molecule has 7 heteroatoms. The number of rotatable bonds is 6. The average molecular weight is 397 g/mol. The Hall–Kier alpha value is -2.96. The SMILES string of the molecule is CC(=O)c1c(C)nn(CCC(=O)N2CCCC(c3ccc(C(=O)O)cc3)C2)c1C. The molecule has 1 unspecified atom stereocenters. The first-order chi connectivity index (χ1) is 13.8. The van der Waals surface area contributed by atoms with Crippen molar-refractivity contribution in [1.82, 2.24) is 14.7 Å². The van der Waals surface area contributed by atoms with Gasteiger partial charge in [0.05, 0.1) is 16.8 Å². The fourth-order valence-corrected chi connectivity index (χ4v) is 4.16. The van der Waals surface area contributed by atoms with Gasteiger partial charge in [0.1, 0.15) is 0 Å². The fourth-order valence-electron chi connectivity index (χ4n) is 4.16. The molecule has 1 atom stereocenters. The first kappa shape index (κ1) is 20.8. The van der Waals surface area contributed by atoms with Gasteiger partial charge in [-0.25, -0.2) is 4.79 Å². The van der Waals surface area contributed by atoms with Crippen LogP contribution in [-0.2, 0) is 11.3 Å². The number of carboxylic acids is 1. The van der Waals surface area contributed by atoms with Gasteiger partial charge in [-0.3, -0.25) is 14.3 Å². The molecule has 0 spiro atoms. The number of piperidine rings is 1. The monoisotopic (exact) mass is 397 g/mol. The molecule has 2 aromatic rings. The van der Waals surface area contributed by atoms with E-state index in [1.165, 1.54) is 6.92 Å². The van der Waals surface area contributed by atoms with Crippen LogP contribution in [0.15, 0.2) is 24.3 Å². The molecule has 0 aliphatic carbocycles. The van der Waals surface area contributed by atoms with Gasteiger partial charge in [-0.15, -0.1) is 0 Å². The van der Waals surface area contributed by atoms with Crippen molar-refractivity contribution in [2.45, 2.75) is 52.5 Å². The number of likely N-dealkylation sites (tertiary alicyclic amines) is 1. The van der Waals surface area contributed by atoms with Crippen molar-refractivity contribution < 1.29 is 19.5 Å². The Balaban J connectivity index is 1.62. The quantitative estimate of drug-likeness (QED) is 0.756. The van der Waals surface area contributed by atoms with Crippen LogP contribution in [0.2, 0.25) is 0 Å². The molecule has 2 heterocycles. The lowest BCUT2D eigenvalue weighted by molar-refractivity contribution is -0.132. The van der Waals surface area contributed by atoms with Gasteiger partial charge in [-0.2, -0.15) is 5.10 Å². The second kappa shape index (κ2) is 8.59. The zero-order valence-corrected chi connectivity index (χ0v) is 17.1. The lowest BCUT2D eigenvalue weighted by Gasteiger charge is -2.33. The molecule has 3 rings (SSSR count). The predicted molar refractivity (Wildman–Crippen MR) is 108 cm³/mol. The molecule has 1 N–H and O–H groups in total. The summed E-state index contributed by atoms with van der Waals surface area (Å²) < 4.78 is 1.75. The van der Waals surface area contributed by atoms with Crippen LogP contribution >= 0.6 is 0 Å². The summed E-state index contributed by atoms with van der Waals surface area (Å²) in [6.45, 7) is 7.03. The maximum atomic E-state index is 12.8. The summed E-state index contributed by atoms with van der Waals surface area (Å²) in [6.07, 6.45) is 2.24. The first-order valence-electron chi connectivity index (χ1n) is 9.94. The van der Waals surface area contributed by atoms with E-state index in [4.69, 9.17) is 5.11 Å². The van der Waals surface area contributed by atoms with E-state index in [1.807, 2.05) is 30.9 Å². The highest BCUT2D eigenvalue weighted by Crippen LogP contribution is 2.27. The van der Waals surface area contributed by atoms with Crippen LogP contribution in [0.5, 0.6) is 0 Å². The number of benzene rings is 1. The number of amides is 1. The third kappa shape index (κ3) is 4.55. The smallest absolute Gasteiger partial charge is 0.335 e. The van der Waals surface area contributed by atoms with Crippen molar-refractivity contribution >= 4 is 17.7 Å². The molecule has 1 aromatic carbocycles. The van der Waals surface area contributed by atoms with Gasteiger partial charge in [0.2, 0.25) is 5.91 Å². The number of carbonyl (C=O) groups is 3. The van der Waals surface area contributed by atoms with Gasteiger partial charge < -0.3 is 10.0 Å². The highest BCUT2D eigenvalue weighted by atomic mass is 16.4. The number of carboxylic acid groups (broad SMARTS) is 1. The number of carbonyl (C=O) groups excluding carboxylic acids is 2. The number of hydrogen-bond donors (Lipinski definition) is 1. The minimum Gasteiger partial charge on any atom is -0.478 e. The zero-order valence-electron chi connectivity index (χ0n) is 17.1. The van der Waals surface area contributed by atoms with Crippen LogP contribution in [-0.4, -0.2) is 50.5 Å². The lowest BCUT2D eigenvalue weighted by Crippen LogP contribution is -2.39. The first-order valence-corrected chi connectivity index (χ1v) is 9.94. The Labute approximate surface area is 170 Å². The zero-order chi connectivity index (χ0) is 21.1. The number of ketones is 1. The van der Waals surface area contributed by atoms with Crippen LogP contribution < -0.4 is 0 Å². The molecule has 1 amide bonds. The number of aromatic carboxylic acids is 1. The van der Waals surface area contributed by atoms with Gasteiger partial charge in [-0.1, -0.05) is 12.1 Å². The van der Waals surface area contributed by atoms with Gasteiger partial charge >= 0.3 is 5.97 Å². The van der Waals surface area contributed by atoms with Crippen LogP contribution in [0.4, 0.5) is 0 Å². The number of Topliss-reactive ketones (excluding diaryl/α,β-unsaturated/α-hetero) is 1.